The number of carbonyl (C=O) groups excluding carboxylic acids is 2. The van der Waals surface area contributed by atoms with Crippen LogP contribution in [-0.2, 0) is 0 Å². The number of nitrogens with two attached hydrogens (primary N) is 1. The van der Waals surface area contributed by atoms with Crippen LogP contribution in [0.25, 0.3) is 11.5 Å². The minimum Gasteiger partial charge on any atom is -0.444 e. The number of pyridine rings is 1. The summed E-state index contributed by atoms with van der Waals surface area (Å²) in [7, 11) is 0. The normalized spacial score (nSPS) is 10.5. The number of hydrogen-bond donors (Lipinski definition) is 3. The number of nitrogens with one attached hydrogen (secondary N) is 2. The molecular formula is C17H17N5O3S. The van der Waals surface area contributed by atoms with E-state index in [0.29, 0.717) is 22.3 Å². The van der Waals surface area contributed by atoms with Crippen LogP contribution in [0.4, 0.5) is 10.8 Å². The number of carbonyl (C=O) groups is 2. The van der Waals surface area contributed by atoms with Crippen LogP contribution < -0.4 is 16.4 Å². The van der Waals surface area contributed by atoms with Gasteiger partial charge in [-0.15, -0.1) is 11.3 Å². The highest BCUT2D eigenvalue weighted by Gasteiger charge is 2.18. The second-order valence-corrected chi connectivity index (χ2v) is 6.67. The molecule has 134 valence electrons. The molecule has 3 heterocycles. The van der Waals surface area contributed by atoms with E-state index in [0.717, 1.165) is 11.4 Å². The van der Waals surface area contributed by atoms with E-state index >= 15 is 0 Å². The maximum Gasteiger partial charge on any atom is 0.278 e. The highest BCUT2D eigenvalue weighted by atomic mass is 32.1. The van der Waals surface area contributed by atoms with Crippen LogP contribution in [0, 0.1) is 6.92 Å². The van der Waals surface area contributed by atoms with Gasteiger partial charge in [0.05, 0.1) is 5.56 Å². The first-order valence-corrected chi connectivity index (χ1v) is 8.67. The molecule has 8 nitrogen and oxygen atoms in total. The lowest BCUT2D eigenvalue weighted by Gasteiger charge is -2.02. The quantitative estimate of drug-likeness (QED) is 0.612. The molecule has 0 aromatic carbocycles. The zero-order chi connectivity index (χ0) is 18.7. The minimum absolute atomic E-state index is 0.100. The van der Waals surface area contributed by atoms with Gasteiger partial charge in [0, 0.05) is 23.2 Å². The monoisotopic (exact) mass is 371 g/mol. The Balaban J connectivity index is 1.80. The summed E-state index contributed by atoms with van der Waals surface area (Å²) < 4.78 is 5.41. The Labute approximate surface area is 153 Å². The number of thiophene rings is 1. The van der Waals surface area contributed by atoms with Crippen molar-refractivity contribution >= 4 is 34.0 Å². The molecule has 0 radical (unpaired) electrons. The first kappa shape index (κ1) is 17.6. The Bertz CT molecular complexity index is 963. The maximum absolute atomic E-state index is 12.4. The van der Waals surface area contributed by atoms with Gasteiger partial charge in [-0.05, 0) is 32.0 Å². The average molecular weight is 371 g/mol. The van der Waals surface area contributed by atoms with Gasteiger partial charge in [-0.25, -0.2) is 9.97 Å². The highest BCUT2D eigenvalue weighted by Crippen LogP contribution is 2.28. The number of hydrogen-bond acceptors (Lipinski definition) is 7. The second kappa shape index (κ2) is 7.36. The van der Waals surface area contributed by atoms with E-state index in [1.165, 1.54) is 17.6 Å². The van der Waals surface area contributed by atoms with Crippen molar-refractivity contribution in [2.75, 3.05) is 17.2 Å². The third-order valence-electron chi connectivity index (χ3n) is 3.45. The van der Waals surface area contributed by atoms with Crippen molar-refractivity contribution < 1.29 is 14.0 Å². The van der Waals surface area contributed by atoms with Gasteiger partial charge in [0.1, 0.15) is 17.1 Å². The number of amides is 2. The molecule has 0 aliphatic heterocycles. The van der Waals surface area contributed by atoms with E-state index in [9.17, 15) is 9.59 Å². The van der Waals surface area contributed by atoms with Crippen LogP contribution in [0.2, 0.25) is 0 Å². The predicted molar refractivity (Wildman–Crippen MR) is 99.4 cm³/mol. The fourth-order valence-corrected chi connectivity index (χ4v) is 3.22. The van der Waals surface area contributed by atoms with Crippen LogP contribution in [0.15, 0.2) is 35.1 Å². The van der Waals surface area contributed by atoms with Crippen molar-refractivity contribution in [3.05, 3.63) is 46.8 Å². The number of nitrogens with zero attached hydrogens (tertiary/aromatic N) is 2. The summed E-state index contributed by atoms with van der Waals surface area (Å²) in [6.45, 7) is 4.53. The van der Waals surface area contributed by atoms with E-state index < -0.39 is 11.8 Å². The summed E-state index contributed by atoms with van der Waals surface area (Å²) in [6, 6.07) is 5.16. The van der Waals surface area contributed by atoms with Gasteiger partial charge in [0.2, 0.25) is 5.89 Å². The number of aryl methyl sites for hydroxylation is 1. The van der Waals surface area contributed by atoms with Crippen molar-refractivity contribution in [2.45, 2.75) is 13.8 Å². The molecule has 3 aromatic rings. The summed E-state index contributed by atoms with van der Waals surface area (Å²) in [6.07, 6.45) is 2.90. The van der Waals surface area contributed by atoms with E-state index in [1.54, 1.807) is 24.4 Å². The summed E-state index contributed by atoms with van der Waals surface area (Å²) in [5, 5.41) is 6.15. The fraction of sp³-hybridized carbons (Fsp3) is 0.176. The average Bonchev–Trinajstić information content (AvgIpc) is 3.22. The van der Waals surface area contributed by atoms with Gasteiger partial charge in [-0.1, -0.05) is 0 Å². The number of rotatable bonds is 6. The van der Waals surface area contributed by atoms with Crippen molar-refractivity contribution in [3.63, 3.8) is 0 Å². The van der Waals surface area contributed by atoms with Gasteiger partial charge in [0.25, 0.3) is 11.8 Å². The van der Waals surface area contributed by atoms with Crippen molar-refractivity contribution in [1.29, 1.82) is 0 Å². The zero-order valence-electron chi connectivity index (χ0n) is 14.2. The molecule has 9 heteroatoms. The smallest absolute Gasteiger partial charge is 0.278 e. The Hall–Kier alpha value is -3.20. The van der Waals surface area contributed by atoms with E-state index in [1.807, 2.05) is 13.8 Å². The van der Waals surface area contributed by atoms with Crippen LogP contribution in [0.5, 0.6) is 0 Å². The summed E-state index contributed by atoms with van der Waals surface area (Å²) in [4.78, 5) is 33.1. The molecule has 0 saturated carbocycles. The lowest BCUT2D eigenvalue weighted by atomic mass is 10.2. The summed E-state index contributed by atoms with van der Waals surface area (Å²) in [5.41, 5.74) is 6.40. The van der Waals surface area contributed by atoms with E-state index in [4.69, 9.17) is 10.2 Å². The largest absolute Gasteiger partial charge is 0.444 e. The first-order valence-electron chi connectivity index (χ1n) is 7.85. The lowest BCUT2D eigenvalue weighted by Crippen LogP contribution is -2.16. The highest BCUT2D eigenvalue weighted by molar-refractivity contribution is 7.16. The topological polar surface area (TPSA) is 123 Å². The minimum atomic E-state index is -0.599. The number of anilines is 2. The van der Waals surface area contributed by atoms with Gasteiger partial charge >= 0.3 is 0 Å². The fourth-order valence-electron chi connectivity index (χ4n) is 2.31. The Morgan fingerprint density at radius 1 is 1.35 bits per heavy atom. The first-order chi connectivity index (χ1) is 12.5. The number of aromatic nitrogens is 2. The molecule has 3 aromatic heterocycles. The maximum atomic E-state index is 12.4. The van der Waals surface area contributed by atoms with Gasteiger partial charge < -0.3 is 20.8 Å². The third kappa shape index (κ3) is 3.72. The van der Waals surface area contributed by atoms with Crippen LogP contribution >= 0.6 is 11.3 Å². The number of oxazole rings is 1. The standard InChI is InChI=1S/C17H17N5O3S/c1-3-19-13-7-10(4-5-20-13)16-21-12(8-25-16)15(24)22-17-11(14(18)23)6-9(2)26-17/h4-8H,3H2,1-2H3,(H2,18,23)(H,19,20)(H,22,24). The molecule has 0 unspecified atom stereocenters. The molecule has 0 atom stereocenters. The molecule has 0 bridgehead atoms. The summed E-state index contributed by atoms with van der Waals surface area (Å²) >= 11 is 1.27. The lowest BCUT2D eigenvalue weighted by molar-refractivity contribution is 0.100. The zero-order valence-corrected chi connectivity index (χ0v) is 15.0. The Morgan fingerprint density at radius 3 is 2.88 bits per heavy atom. The van der Waals surface area contributed by atoms with Crippen molar-refractivity contribution in [3.8, 4) is 11.5 Å². The number of primary amides is 1. The molecule has 3 rings (SSSR count). The molecular weight excluding hydrogens is 354 g/mol. The van der Waals surface area contributed by atoms with Crippen LogP contribution in [0.1, 0.15) is 32.6 Å². The third-order valence-corrected chi connectivity index (χ3v) is 4.42. The van der Waals surface area contributed by atoms with Crippen LogP contribution in [0.3, 0.4) is 0 Å². The van der Waals surface area contributed by atoms with Crippen LogP contribution in [-0.4, -0.2) is 28.3 Å². The predicted octanol–water partition coefficient (Wildman–Crippen LogP) is 2.89. The van der Waals surface area contributed by atoms with Crippen molar-refractivity contribution in [1.82, 2.24) is 9.97 Å². The van der Waals surface area contributed by atoms with Crippen molar-refractivity contribution in [2.24, 2.45) is 5.73 Å². The van der Waals surface area contributed by atoms with Gasteiger partial charge in [-0.3, -0.25) is 9.59 Å². The SMILES string of the molecule is CCNc1cc(-c2nc(C(=O)Nc3sc(C)cc3C(N)=O)co2)ccn1. The molecule has 0 saturated heterocycles. The summed E-state index contributed by atoms with van der Waals surface area (Å²) in [5.74, 6) is -0.0907. The molecule has 0 spiro atoms. The van der Waals surface area contributed by atoms with Gasteiger partial charge in [-0.2, -0.15) is 0 Å². The second-order valence-electron chi connectivity index (χ2n) is 5.42. The Kier molecular flexibility index (Phi) is 4.99. The molecule has 26 heavy (non-hydrogen) atoms. The van der Waals surface area contributed by atoms with E-state index in [-0.39, 0.29) is 11.3 Å². The van der Waals surface area contributed by atoms with E-state index in [2.05, 4.69) is 20.6 Å². The Morgan fingerprint density at radius 2 is 2.15 bits per heavy atom. The van der Waals surface area contributed by atoms with Gasteiger partial charge in [0.15, 0.2) is 5.69 Å². The molecule has 0 fully saturated rings. The molecule has 4 N–H and O–H groups in total. The molecule has 0 aliphatic rings. The molecule has 0 aliphatic carbocycles. The molecule has 2 amide bonds.